The van der Waals surface area contributed by atoms with Crippen molar-refractivity contribution in [1.29, 1.82) is 0 Å². The third-order valence-electron chi connectivity index (χ3n) is 5.80. The van der Waals surface area contributed by atoms with Gasteiger partial charge in [-0.2, -0.15) is 0 Å². The lowest BCUT2D eigenvalue weighted by Crippen LogP contribution is -2.39. The van der Waals surface area contributed by atoms with Crippen LogP contribution in [0.3, 0.4) is 0 Å². The zero-order valence-corrected chi connectivity index (χ0v) is 16.5. The molecule has 0 amide bonds. The zero-order valence-electron chi connectivity index (χ0n) is 14.6. The molecule has 0 bridgehead atoms. The lowest BCUT2D eigenvalue weighted by Gasteiger charge is -2.37. The van der Waals surface area contributed by atoms with Gasteiger partial charge in [0.05, 0.1) is 15.7 Å². The summed E-state index contributed by atoms with van der Waals surface area (Å²) >= 11 is 1.81. The van der Waals surface area contributed by atoms with Crippen LogP contribution in [-0.4, -0.2) is 47.3 Å². The van der Waals surface area contributed by atoms with Crippen LogP contribution in [0.25, 0.3) is 10.2 Å². The Morgan fingerprint density at radius 2 is 1.88 bits per heavy atom. The summed E-state index contributed by atoms with van der Waals surface area (Å²) in [7, 11) is 2.86. The van der Waals surface area contributed by atoms with Crippen LogP contribution in [0.4, 0.5) is 0 Å². The highest BCUT2D eigenvalue weighted by Crippen LogP contribution is 2.36. The predicted octanol–water partition coefficient (Wildman–Crippen LogP) is 4.29. The second-order valence-electron chi connectivity index (χ2n) is 7.61. The highest BCUT2D eigenvalue weighted by Gasteiger charge is 2.25. The van der Waals surface area contributed by atoms with Crippen molar-refractivity contribution in [3.8, 4) is 0 Å². The van der Waals surface area contributed by atoms with Crippen LogP contribution in [-0.2, 0) is 0 Å². The van der Waals surface area contributed by atoms with E-state index in [1.54, 1.807) is 5.56 Å². The van der Waals surface area contributed by atoms with Gasteiger partial charge in [-0.3, -0.25) is 4.67 Å². The molecule has 1 aromatic carbocycles. The third kappa shape index (κ3) is 3.67. The van der Waals surface area contributed by atoms with Crippen molar-refractivity contribution in [2.75, 3.05) is 32.7 Å². The predicted molar refractivity (Wildman–Crippen MR) is 107 cm³/mol. The monoisotopic (exact) mass is 361 g/mol. The Kier molecular flexibility index (Phi) is 5.19. The molecule has 130 valence electrons. The van der Waals surface area contributed by atoms with E-state index in [1.165, 1.54) is 74.2 Å². The summed E-state index contributed by atoms with van der Waals surface area (Å²) in [4.78, 5) is 7.26. The third-order valence-corrected chi connectivity index (χ3v) is 7.21. The van der Waals surface area contributed by atoms with E-state index in [0.29, 0.717) is 0 Å². The molecule has 5 heteroatoms. The molecule has 2 aliphatic heterocycles. The standard InChI is InChI=1S/C19H28N3PS/c1-14-10-17(19-18(11-14)20-13-24-19)16-4-6-21(7-5-16)12-15-2-8-22(23)9-3-15/h10-11,13,15-16H,2-9,12,23H2,1H3. The number of nitrogens with zero attached hydrogens (tertiary/aromatic N) is 3. The number of piperidine rings is 2. The highest BCUT2D eigenvalue weighted by molar-refractivity contribution is 7.17. The van der Waals surface area contributed by atoms with Gasteiger partial charge >= 0.3 is 0 Å². The molecule has 3 heterocycles. The summed E-state index contributed by atoms with van der Waals surface area (Å²) in [6.07, 6.45) is 5.34. The van der Waals surface area contributed by atoms with Gasteiger partial charge in [0, 0.05) is 19.6 Å². The minimum absolute atomic E-state index is 0.720. The van der Waals surface area contributed by atoms with Crippen LogP contribution in [0.2, 0.25) is 0 Å². The first-order valence-electron chi connectivity index (χ1n) is 9.25. The van der Waals surface area contributed by atoms with Crippen molar-refractivity contribution in [1.82, 2.24) is 14.6 Å². The van der Waals surface area contributed by atoms with Gasteiger partial charge in [0.25, 0.3) is 0 Å². The molecule has 24 heavy (non-hydrogen) atoms. The molecule has 0 N–H and O–H groups in total. The van der Waals surface area contributed by atoms with Crippen LogP contribution in [0, 0.1) is 12.8 Å². The minimum Gasteiger partial charge on any atom is -0.303 e. The van der Waals surface area contributed by atoms with Gasteiger partial charge in [0.1, 0.15) is 0 Å². The van der Waals surface area contributed by atoms with E-state index >= 15 is 0 Å². The van der Waals surface area contributed by atoms with Crippen molar-refractivity contribution in [2.24, 2.45) is 5.92 Å². The molecule has 0 saturated carbocycles. The van der Waals surface area contributed by atoms with Gasteiger partial charge in [-0.15, -0.1) is 11.3 Å². The highest BCUT2D eigenvalue weighted by atomic mass is 32.1. The molecule has 2 aromatic rings. The maximum absolute atomic E-state index is 4.54. The SMILES string of the molecule is Cc1cc(C2CCN(CC3CCN(P)CC3)CC2)c2scnc2c1. The van der Waals surface area contributed by atoms with Gasteiger partial charge in [0.2, 0.25) is 0 Å². The fourth-order valence-corrected chi connectivity index (χ4v) is 5.54. The topological polar surface area (TPSA) is 19.4 Å². The maximum Gasteiger partial charge on any atom is 0.0817 e. The molecule has 0 aliphatic carbocycles. The smallest absolute Gasteiger partial charge is 0.0817 e. The average molecular weight is 361 g/mol. The molecule has 2 fully saturated rings. The van der Waals surface area contributed by atoms with Crippen LogP contribution in [0.15, 0.2) is 17.6 Å². The van der Waals surface area contributed by atoms with Gasteiger partial charge in [0.15, 0.2) is 0 Å². The normalized spacial score (nSPS) is 22.4. The fraction of sp³-hybridized carbons (Fsp3) is 0.632. The molecule has 2 saturated heterocycles. The maximum atomic E-state index is 4.54. The van der Waals surface area contributed by atoms with Crippen LogP contribution < -0.4 is 0 Å². The van der Waals surface area contributed by atoms with Gasteiger partial charge in [-0.25, -0.2) is 4.98 Å². The van der Waals surface area contributed by atoms with Crippen molar-refractivity contribution >= 4 is 30.9 Å². The molecular formula is C19H28N3PS. The second-order valence-corrected chi connectivity index (χ2v) is 9.19. The van der Waals surface area contributed by atoms with Crippen molar-refractivity contribution in [3.63, 3.8) is 0 Å². The number of thiazole rings is 1. The van der Waals surface area contributed by atoms with Crippen molar-refractivity contribution in [3.05, 3.63) is 28.8 Å². The Bertz CT molecular complexity index is 685. The lowest BCUT2D eigenvalue weighted by molar-refractivity contribution is 0.155. The summed E-state index contributed by atoms with van der Waals surface area (Å²) in [6.45, 7) is 8.54. The number of fused-ring (bicyclic) bond motifs is 1. The molecule has 0 radical (unpaired) electrons. The Morgan fingerprint density at radius 3 is 2.62 bits per heavy atom. The molecule has 3 nitrogen and oxygen atoms in total. The summed E-state index contributed by atoms with van der Waals surface area (Å²) in [5.41, 5.74) is 6.11. The number of rotatable bonds is 3. The van der Waals surface area contributed by atoms with Crippen LogP contribution in [0.1, 0.15) is 42.7 Å². The van der Waals surface area contributed by atoms with E-state index in [1.807, 2.05) is 16.8 Å². The average Bonchev–Trinajstić information content (AvgIpc) is 3.05. The Morgan fingerprint density at radius 1 is 1.12 bits per heavy atom. The molecule has 1 aromatic heterocycles. The second kappa shape index (κ2) is 7.37. The Labute approximate surface area is 151 Å². The molecule has 1 atom stereocenters. The summed E-state index contributed by atoms with van der Waals surface area (Å²) in [6, 6.07) is 4.64. The van der Waals surface area contributed by atoms with E-state index in [9.17, 15) is 0 Å². The summed E-state index contributed by atoms with van der Waals surface area (Å²) in [5.74, 6) is 1.63. The summed E-state index contributed by atoms with van der Waals surface area (Å²) < 4.78 is 3.81. The first-order chi connectivity index (χ1) is 11.7. The largest absolute Gasteiger partial charge is 0.303 e. The molecule has 1 unspecified atom stereocenters. The molecule has 2 aliphatic rings. The fourth-order valence-electron chi connectivity index (χ4n) is 4.37. The van der Waals surface area contributed by atoms with Gasteiger partial charge < -0.3 is 4.90 Å². The molecular weight excluding hydrogens is 333 g/mol. The Hall–Kier alpha value is -0.540. The number of aryl methyl sites for hydroxylation is 1. The minimum atomic E-state index is 0.720. The van der Waals surface area contributed by atoms with E-state index in [2.05, 4.69) is 43.0 Å². The first-order valence-corrected chi connectivity index (χ1v) is 10.6. The van der Waals surface area contributed by atoms with E-state index in [0.717, 1.165) is 11.8 Å². The van der Waals surface area contributed by atoms with Crippen molar-refractivity contribution < 1.29 is 0 Å². The number of hydrogen-bond acceptors (Lipinski definition) is 4. The number of benzene rings is 1. The van der Waals surface area contributed by atoms with E-state index in [4.69, 9.17) is 0 Å². The number of aromatic nitrogens is 1. The zero-order chi connectivity index (χ0) is 16.5. The number of likely N-dealkylation sites (tertiary alicyclic amines) is 1. The van der Waals surface area contributed by atoms with Crippen LogP contribution >= 0.6 is 20.7 Å². The lowest BCUT2D eigenvalue weighted by atomic mass is 9.87. The van der Waals surface area contributed by atoms with E-state index in [-0.39, 0.29) is 0 Å². The van der Waals surface area contributed by atoms with E-state index < -0.39 is 0 Å². The summed E-state index contributed by atoms with van der Waals surface area (Å²) in [5, 5.41) is 0. The van der Waals surface area contributed by atoms with Gasteiger partial charge in [-0.05, 0) is 74.7 Å². The van der Waals surface area contributed by atoms with Crippen LogP contribution in [0.5, 0.6) is 0 Å². The molecule has 4 rings (SSSR count). The number of hydrogen-bond donors (Lipinski definition) is 0. The quantitative estimate of drug-likeness (QED) is 0.761. The molecule has 0 spiro atoms. The van der Waals surface area contributed by atoms with Gasteiger partial charge in [-0.1, -0.05) is 15.5 Å². The first kappa shape index (κ1) is 16.9. The van der Waals surface area contributed by atoms with Crippen molar-refractivity contribution in [2.45, 2.75) is 38.5 Å². The Balaban J connectivity index is 1.38.